The van der Waals surface area contributed by atoms with Crippen LogP contribution >= 0.6 is 0 Å². The van der Waals surface area contributed by atoms with Crippen LogP contribution in [-0.4, -0.2) is 70.9 Å². The highest BCUT2D eigenvalue weighted by Crippen LogP contribution is 2.41. The molecule has 2 aliphatic heterocycles. The third-order valence-electron chi connectivity index (χ3n) is 6.96. The SMILES string of the molecule is C[C@@H]1Cc2c(ccc3[nH]c(=O)oc23)[C@@H](c2ccc(O[C@H]3CCN(CCCF)C3)cn2)N1CC(F)(F)F. The van der Waals surface area contributed by atoms with E-state index in [2.05, 4.69) is 14.9 Å². The number of nitrogens with zero attached hydrogens (tertiary/aromatic N) is 3. The normalized spacial score (nSPS) is 23.3. The maximum atomic E-state index is 13.6. The number of alkyl halides is 4. The molecule has 0 aliphatic carbocycles. The average molecular weight is 509 g/mol. The lowest BCUT2D eigenvalue weighted by Gasteiger charge is -2.41. The Hall–Kier alpha value is -2.92. The van der Waals surface area contributed by atoms with E-state index in [0.29, 0.717) is 59.6 Å². The van der Waals surface area contributed by atoms with Gasteiger partial charge in [-0.1, -0.05) is 6.07 Å². The summed E-state index contributed by atoms with van der Waals surface area (Å²) in [4.78, 5) is 22.5. The number of H-pyrrole nitrogens is 1. The Morgan fingerprint density at radius 3 is 2.81 bits per heavy atom. The number of benzene rings is 1. The van der Waals surface area contributed by atoms with Crippen LogP contribution in [0.5, 0.6) is 5.75 Å². The van der Waals surface area contributed by atoms with E-state index in [1.165, 1.54) is 4.90 Å². The van der Waals surface area contributed by atoms with Crippen molar-refractivity contribution < 1.29 is 26.7 Å². The van der Waals surface area contributed by atoms with Crippen LogP contribution in [0.25, 0.3) is 11.1 Å². The quantitative estimate of drug-likeness (QED) is 0.482. The van der Waals surface area contributed by atoms with E-state index in [1.807, 2.05) is 0 Å². The minimum absolute atomic E-state index is 0.0424. The molecule has 36 heavy (non-hydrogen) atoms. The van der Waals surface area contributed by atoms with Gasteiger partial charge in [-0.25, -0.2) is 4.79 Å². The van der Waals surface area contributed by atoms with Crippen LogP contribution in [0.15, 0.2) is 39.7 Å². The van der Waals surface area contributed by atoms with Gasteiger partial charge < -0.3 is 9.15 Å². The van der Waals surface area contributed by atoms with Gasteiger partial charge in [-0.15, -0.1) is 0 Å². The number of halogens is 4. The Bertz CT molecular complexity index is 1260. The summed E-state index contributed by atoms with van der Waals surface area (Å²) in [6, 6.07) is 5.57. The number of rotatable bonds is 7. The van der Waals surface area contributed by atoms with Crippen LogP contribution in [0.1, 0.15) is 42.6 Å². The van der Waals surface area contributed by atoms with Gasteiger partial charge in [-0.3, -0.25) is 24.2 Å². The second-order valence-corrected chi connectivity index (χ2v) is 9.56. The molecule has 3 atom stereocenters. The van der Waals surface area contributed by atoms with Crippen molar-refractivity contribution in [3.63, 3.8) is 0 Å². The van der Waals surface area contributed by atoms with Crippen molar-refractivity contribution in [2.24, 2.45) is 0 Å². The summed E-state index contributed by atoms with van der Waals surface area (Å²) in [7, 11) is 0. The number of likely N-dealkylation sites (tertiary alicyclic amines) is 1. The molecular weight excluding hydrogens is 480 g/mol. The fraction of sp³-hybridized carbons (Fsp3) is 0.520. The van der Waals surface area contributed by atoms with Crippen molar-refractivity contribution in [2.75, 3.05) is 32.9 Å². The highest BCUT2D eigenvalue weighted by atomic mass is 19.4. The van der Waals surface area contributed by atoms with Gasteiger partial charge in [0.05, 0.1) is 36.7 Å². The van der Waals surface area contributed by atoms with E-state index in [-0.39, 0.29) is 12.8 Å². The zero-order chi connectivity index (χ0) is 25.4. The number of aromatic amines is 1. The minimum atomic E-state index is -4.39. The van der Waals surface area contributed by atoms with Crippen LogP contribution < -0.4 is 10.5 Å². The molecule has 0 spiro atoms. The number of hydrogen-bond donors (Lipinski definition) is 1. The molecule has 4 heterocycles. The number of hydrogen-bond acceptors (Lipinski definition) is 6. The van der Waals surface area contributed by atoms with Crippen LogP contribution in [0.3, 0.4) is 0 Å². The van der Waals surface area contributed by atoms with Crippen molar-refractivity contribution in [3.8, 4) is 5.75 Å². The number of oxazole rings is 1. The van der Waals surface area contributed by atoms with Crippen molar-refractivity contribution >= 4 is 11.1 Å². The van der Waals surface area contributed by atoms with E-state index in [0.717, 1.165) is 13.0 Å². The molecule has 1 N–H and O–H groups in total. The van der Waals surface area contributed by atoms with Gasteiger partial charge in [0.2, 0.25) is 0 Å². The van der Waals surface area contributed by atoms with Gasteiger partial charge in [0.1, 0.15) is 11.9 Å². The van der Waals surface area contributed by atoms with Gasteiger partial charge >= 0.3 is 11.9 Å². The van der Waals surface area contributed by atoms with Crippen LogP contribution in [0, 0.1) is 0 Å². The van der Waals surface area contributed by atoms with E-state index in [1.54, 1.807) is 37.4 Å². The zero-order valence-electron chi connectivity index (χ0n) is 19.9. The first-order valence-electron chi connectivity index (χ1n) is 12.1. The molecule has 11 heteroatoms. The largest absolute Gasteiger partial charge is 0.487 e. The number of pyridine rings is 1. The van der Waals surface area contributed by atoms with Gasteiger partial charge in [0.25, 0.3) is 0 Å². The summed E-state index contributed by atoms with van der Waals surface area (Å²) >= 11 is 0. The first-order valence-corrected chi connectivity index (χ1v) is 12.1. The molecule has 2 aromatic heterocycles. The molecule has 0 saturated carbocycles. The number of ether oxygens (including phenoxy) is 1. The molecule has 0 amide bonds. The summed E-state index contributed by atoms with van der Waals surface area (Å²) in [6.45, 7) is 2.52. The lowest BCUT2D eigenvalue weighted by molar-refractivity contribution is -0.155. The first kappa shape index (κ1) is 24.8. The molecule has 1 aromatic carbocycles. The van der Waals surface area contributed by atoms with Gasteiger partial charge in [0.15, 0.2) is 5.58 Å². The Kier molecular flexibility index (Phi) is 6.78. The fourth-order valence-corrected chi connectivity index (χ4v) is 5.38. The Morgan fingerprint density at radius 2 is 2.08 bits per heavy atom. The Balaban J connectivity index is 1.43. The van der Waals surface area contributed by atoms with Crippen LogP contribution in [-0.2, 0) is 6.42 Å². The molecule has 1 fully saturated rings. The molecule has 1 saturated heterocycles. The van der Waals surface area contributed by atoms with Gasteiger partial charge in [0, 0.05) is 31.2 Å². The van der Waals surface area contributed by atoms with E-state index < -0.39 is 30.6 Å². The van der Waals surface area contributed by atoms with Crippen molar-refractivity contribution in [3.05, 3.63) is 57.8 Å². The molecule has 7 nitrogen and oxygen atoms in total. The number of aromatic nitrogens is 2. The number of nitrogens with one attached hydrogen (secondary N) is 1. The molecule has 194 valence electrons. The molecular formula is C25H28F4N4O3. The molecule has 0 unspecified atom stereocenters. The molecule has 0 radical (unpaired) electrons. The second-order valence-electron chi connectivity index (χ2n) is 9.56. The third kappa shape index (κ3) is 5.12. The van der Waals surface area contributed by atoms with Crippen molar-refractivity contribution in [1.82, 2.24) is 19.8 Å². The fourth-order valence-electron chi connectivity index (χ4n) is 5.38. The summed E-state index contributed by atoms with van der Waals surface area (Å²) in [6.07, 6.45) is -1.27. The van der Waals surface area contributed by atoms with Crippen molar-refractivity contribution in [1.29, 1.82) is 0 Å². The second kappa shape index (κ2) is 9.85. The highest BCUT2D eigenvalue weighted by molar-refractivity contribution is 5.78. The first-order chi connectivity index (χ1) is 17.2. The smallest absolute Gasteiger partial charge is 0.417 e. The molecule has 5 rings (SSSR count). The molecule has 3 aromatic rings. The van der Waals surface area contributed by atoms with Crippen molar-refractivity contribution in [2.45, 2.75) is 50.6 Å². The predicted octanol–water partition coefficient (Wildman–Crippen LogP) is 4.23. The standard InChI is InChI=1S/C25H28F4N4O3/c1-15-11-19-18(4-6-21-23(19)36-24(34)31-21)22(33(15)14-25(27,28)29)20-5-3-16(12-30-20)35-17-7-10-32(13-17)9-2-8-26/h3-6,12,15,17,22H,2,7-11,13-14H2,1H3,(H,31,34)/t15-,17+,22+/m1/s1. The average Bonchev–Trinajstić information content (AvgIpc) is 3.43. The van der Waals surface area contributed by atoms with Crippen LogP contribution in [0.4, 0.5) is 17.6 Å². The maximum absolute atomic E-state index is 13.6. The molecule has 2 aliphatic rings. The topological polar surface area (TPSA) is 74.6 Å². The third-order valence-corrected chi connectivity index (χ3v) is 6.96. The Labute approximate surface area is 205 Å². The highest BCUT2D eigenvalue weighted by Gasteiger charge is 2.42. The number of fused-ring (bicyclic) bond motifs is 3. The maximum Gasteiger partial charge on any atom is 0.417 e. The van der Waals surface area contributed by atoms with E-state index in [4.69, 9.17) is 9.15 Å². The zero-order valence-corrected chi connectivity index (χ0v) is 19.9. The summed E-state index contributed by atoms with van der Waals surface area (Å²) in [5.41, 5.74) is 2.69. The van der Waals surface area contributed by atoms with E-state index in [9.17, 15) is 22.4 Å². The van der Waals surface area contributed by atoms with Gasteiger partial charge in [-0.2, -0.15) is 13.2 Å². The Morgan fingerprint density at radius 1 is 1.25 bits per heavy atom. The molecule has 0 bridgehead atoms. The van der Waals surface area contributed by atoms with E-state index >= 15 is 0 Å². The summed E-state index contributed by atoms with van der Waals surface area (Å²) in [5, 5.41) is 0. The predicted molar refractivity (Wildman–Crippen MR) is 125 cm³/mol. The lowest BCUT2D eigenvalue weighted by Crippen LogP contribution is -2.47. The monoisotopic (exact) mass is 508 g/mol. The summed E-state index contributed by atoms with van der Waals surface area (Å²) in [5.74, 6) is -0.0650. The lowest BCUT2D eigenvalue weighted by atomic mass is 9.86. The van der Waals surface area contributed by atoms with Gasteiger partial charge in [-0.05, 0) is 49.9 Å². The minimum Gasteiger partial charge on any atom is -0.487 e. The van der Waals surface area contributed by atoms with Crippen LogP contribution in [0.2, 0.25) is 0 Å². The summed E-state index contributed by atoms with van der Waals surface area (Å²) < 4.78 is 64.5.